The molecule has 1 aliphatic carbocycles. The highest BCUT2D eigenvalue weighted by Crippen LogP contribution is 2.50. The number of nitrogens with one attached hydrogen (secondary N) is 1. The van der Waals surface area contributed by atoms with E-state index in [4.69, 9.17) is 10.5 Å². The first-order chi connectivity index (χ1) is 10.6. The van der Waals surface area contributed by atoms with Gasteiger partial charge in [0.2, 0.25) is 5.91 Å². The van der Waals surface area contributed by atoms with E-state index in [9.17, 15) is 4.79 Å². The second-order valence-electron chi connectivity index (χ2n) is 7.40. The Morgan fingerprint density at radius 1 is 1.43 bits per heavy atom. The number of carbonyl (C=O) groups is 1. The van der Waals surface area contributed by atoms with E-state index < -0.39 is 5.54 Å². The lowest BCUT2D eigenvalue weighted by Gasteiger charge is -2.57. The molecule has 1 aromatic carbocycles. The Bertz CT molecular complexity index is 597. The summed E-state index contributed by atoms with van der Waals surface area (Å²) < 4.78 is 5.70. The van der Waals surface area contributed by atoms with Crippen LogP contribution in [0.4, 0.5) is 0 Å². The first-order valence-electron chi connectivity index (χ1n) is 8.42. The second kappa shape index (κ2) is 6.25. The highest BCUT2D eigenvalue weighted by molar-refractivity contribution is 5.89. The average Bonchev–Trinajstić information content (AvgIpc) is 2.46. The molecule has 0 aliphatic heterocycles. The first-order valence-corrected chi connectivity index (χ1v) is 8.42. The van der Waals surface area contributed by atoms with Crippen LogP contribution in [0, 0.1) is 19.3 Å². The van der Waals surface area contributed by atoms with E-state index in [2.05, 4.69) is 37.4 Å². The summed E-state index contributed by atoms with van der Waals surface area (Å²) in [6.45, 7) is 12.8. The smallest absolute Gasteiger partial charge is 0.241 e. The molecule has 0 bridgehead atoms. The minimum atomic E-state index is -0.875. The zero-order valence-electron chi connectivity index (χ0n) is 15.2. The highest BCUT2D eigenvalue weighted by atomic mass is 16.5. The fraction of sp³-hybridized carbons (Fsp3) is 0.632. The van der Waals surface area contributed by atoms with Crippen LogP contribution in [0.1, 0.15) is 56.8 Å². The van der Waals surface area contributed by atoms with Crippen LogP contribution in [0.2, 0.25) is 0 Å². The van der Waals surface area contributed by atoms with Gasteiger partial charge in [-0.25, -0.2) is 0 Å². The number of ether oxygens (including phenoxy) is 1. The van der Waals surface area contributed by atoms with Gasteiger partial charge in [0.1, 0.15) is 5.54 Å². The summed E-state index contributed by atoms with van der Waals surface area (Å²) in [5.41, 5.74) is 8.74. The number of hydrogen-bond acceptors (Lipinski definition) is 3. The van der Waals surface area contributed by atoms with Gasteiger partial charge in [0.25, 0.3) is 0 Å². The van der Waals surface area contributed by atoms with Crippen LogP contribution in [0.3, 0.4) is 0 Å². The Kier molecular flexibility index (Phi) is 4.88. The highest BCUT2D eigenvalue weighted by Gasteiger charge is 2.62. The lowest BCUT2D eigenvalue weighted by atomic mass is 9.54. The monoisotopic (exact) mass is 318 g/mol. The van der Waals surface area contributed by atoms with E-state index >= 15 is 0 Å². The number of nitrogens with two attached hydrogens (primary N) is 1. The maximum absolute atomic E-state index is 12.8. The predicted molar refractivity (Wildman–Crippen MR) is 93.2 cm³/mol. The molecule has 128 valence electrons. The molecule has 23 heavy (non-hydrogen) atoms. The van der Waals surface area contributed by atoms with Crippen LogP contribution >= 0.6 is 0 Å². The Morgan fingerprint density at radius 2 is 2.09 bits per heavy atom. The molecule has 0 spiro atoms. The van der Waals surface area contributed by atoms with E-state index in [0.29, 0.717) is 13.0 Å². The maximum atomic E-state index is 12.8. The van der Waals surface area contributed by atoms with Crippen molar-refractivity contribution in [2.75, 3.05) is 6.61 Å². The maximum Gasteiger partial charge on any atom is 0.241 e. The number of aryl methyl sites for hydroxylation is 2. The Hall–Kier alpha value is -1.39. The molecule has 0 radical (unpaired) electrons. The number of rotatable bonds is 5. The normalized spacial score (nSPS) is 27.2. The van der Waals surface area contributed by atoms with Crippen molar-refractivity contribution in [2.45, 2.75) is 65.6 Å². The quantitative estimate of drug-likeness (QED) is 0.877. The van der Waals surface area contributed by atoms with Crippen LogP contribution in [0.25, 0.3) is 0 Å². The molecular formula is C19H30N2O2. The van der Waals surface area contributed by atoms with Crippen LogP contribution in [-0.2, 0) is 9.53 Å². The zero-order chi connectivity index (χ0) is 17.4. The zero-order valence-corrected chi connectivity index (χ0v) is 15.2. The van der Waals surface area contributed by atoms with Crippen molar-refractivity contribution >= 4 is 5.91 Å². The van der Waals surface area contributed by atoms with Crippen molar-refractivity contribution in [2.24, 2.45) is 11.1 Å². The standard InChI is InChI=1S/C19H30N2O2/c1-7-23-16-11-19(20,18(16,5)6)17(22)21-14(4)15-9-8-12(2)10-13(15)3/h8-10,14,16H,7,11,20H2,1-6H3,(H,21,22). The van der Waals surface area contributed by atoms with Crippen LogP contribution < -0.4 is 11.1 Å². The van der Waals surface area contributed by atoms with Crippen molar-refractivity contribution in [3.63, 3.8) is 0 Å². The molecule has 1 saturated carbocycles. The molecule has 1 aromatic rings. The summed E-state index contributed by atoms with van der Waals surface area (Å²) in [5.74, 6) is -0.0917. The van der Waals surface area contributed by atoms with E-state index in [0.717, 1.165) is 5.56 Å². The molecule has 1 amide bonds. The molecule has 0 saturated heterocycles. The fourth-order valence-corrected chi connectivity index (χ4v) is 3.54. The van der Waals surface area contributed by atoms with Gasteiger partial charge in [-0.2, -0.15) is 0 Å². The summed E-state index contributed by atoms with van der Waals surface area (Å²) >= 11 is 0. The van der Waals surface area contributed by atoms with Gasteiger partial charge in [-0.15, -0.1) is 0 Å². The topological polar surface area (TPSA) is 64.3 Å². The number of benzene rings is 1. The lowest BCUT2D eigenvalue weighted by Crippen LogP contribution is -2.75. The predicted octanol–water partition coefficient (Wildman–Crippen LogP) is 3.01. The molecule has 1 fully saturated rings. The van der Waals surface area contributed by atoms with E-state index in [-0.39, 0.29) is 23.5 Å². The largest absolute Gasteiger partial charge is 0.378 e. The third-order valence-electron chi connectivity index (χ3n) is 5.47. The third kappa shape index (κ3) is 3.02. The molecule has 3 atom stereocenters. The van der Waals surface area contributed by atoms with E-state index in [1.807, 2.05) is 27.7 Å². The van der Waals surface area contributed by atoms with E-state index in [1.165, 1.54) is 11.1 Å². The number of hydrogen-bond donors (Lipinski definition) is 2. The molecule has 3 unspecified atom stereocenters. The molecule has 0 aromatic heterocycles. The SMILES string of the molecule is CCOC1CC(N)(C(=O)NC(C)c2ccc(C)cc2C)C1(C)C. The summed E-state index contributed by atoms with van der Waals surface area (Å²) in [6.07, 6.45) is 0.610. The van der Waals surface area contributed by atoms with E-state index in [1.54, 1.807) is 0 Å². The number of amides is 1. The Labute approximate surface area is 139 Å². The van der Waals surface area contributed by atoms with Gasteiger partial charge in [0.05, 0.1) is 12.1 Å². The molecule has 2 rings (SSSR count). The molecule has 0 heterocycles. The first kappa shape index (κ1) is 18.0. The minimum absolute atomic E-state index is 0.0414. The molecule has 1 aliphatic rings. The summed E-state index contributed by atoms with van der Waals surface area (Å²) in [7, 11) is 0. The minimum Gasteiger partial charge on any atom is -0.378 e. The van der Waals surface area contributed by atoms with Crippen molar-refractivity contribution in [3.8, 4) is 0 Å². The van der Waals surface area contributed by atoms with Crippen LogP contribution in [0.15, 0.2) is 18.2 Å². The molecular weight excluding hydrogens is 288 g/mol. The Balaban J connectivity index is 2.10. The van der Waals surface area contributed by atoms with Gasteiger partial charge in [-0.1, -0.05) is 37.6 Å². The van der Waals surface area contributed by atoms with Crippen molar-refractivity contribution in [1.82, 2.24) is 5.32 Å². The molecule has 4 nitrogen and oxygen atoms in total. The summed E-state index contributed by atoms with van der Waals surface area (Å²) in [6, 6.07) is 6.22. The Morgan fingerprint density at radius 3 is 2.61 bits per heavy atom. The van der Waals surface area contributed by atoms with Crippen LogP contribution in [-0.4, -0.2) is 24.2 Å². The van der Waals surface area contributed by atoms with Crippen molar-refractivity contribution < 1.29 is 9.53 Å². The summed E-state index contributed by atoms with van der Waals surface area (Å²) in [4.78, 5) is 12.8. The van der Waals surface area contributed by atoms with Crippen molar-refractivity contribution in [3.05, 3.63) is 34.9 Å². The summed E-state index contributed by atoms with van der Waals surface area (Å²) in [5, 5.41) is 3.10. The van der Waals surface area contributed by atoms with Crippen LogP contribution in [0.5, 0.6) is 0 Å². The van der Waals surface area contributed by atoms with Gasteiger partial charge in [-0.3, -0.25) is 4.79 Å². The van der Waals surface area contributed by atoms with Gasteiger partial charge >= 0.3 is 0 Å². The molecule has 3 N–H and O–H groups in total. The average molecular weight is 318 g/mol. The van der Waals surface area contributed by atoms with Gasteiger partial charge in [0, 0.05) is 18.4 Å². The van der Waals surface area contributed by atoms with Gasteiger partial charge < -0.3 is 15.8 Å². The second-order valence-corrected chi connectivity index (χ2v) is 7.40. The van der Waals surface area contributed by atoms with Gasteiger partial charge in [-0.05, 0) is 38.8 Å². The number of carbonyl (C=O) groups excluding carboxylic acids is 1. The van der Waals surface area contributed by atoms with Crippen molar-refractivity contribution in [1.29, 1.82) is 0 Å². The third-order valence-corrected chi connectivity index (χ3v) is 5.47. The fourth-order valence-electron chi connectivity index (χ4n) is 3.54. The van der Waals surface area contributed by atoms with Gasteiger partial charge in [0.15, 0.2) is 0 Å². The molecule has 4 heteroatoms. The lowest BCUT2D eigenvalue weighted by molar-refractivity contribution is -0.171.